The molecule has 1 saturated heterocycles. The summed E-state index contributed by atoms with van der Waals surface area (Å²) in [4.78, 5) is 48.5. The molecule has 4 heterocycles. The van der Waals surface area contributed by atoms with E-state index >= 15 is 0 Å². The maximum Gasteiger partial charge on any atom is 0.271 e. The molecule has 4 aliphatic rings. The largest absolute Gasteiger partial charge is 0.393 e. The lowest BCUT2D eigenvalue weighted by molar-refractivity contribution is -0.121. The highest BCUT2D eigenvalue weighted by Crippen LogP contribution is 2.50. The normalized spacial score (nSPS) is 20.4. The van der Waals surface area contributed by atoms with Gasteiger partial charge in [0.15, 0.2) is 0 Å². The zero-order chi connectivity index (χ0) is 38.5. The van der Waals surface area contributed by atoms with E-state index in [0.29, 0.717) is 24.5 Å². The first-order chi connectivity index (χ1) is 25.8. The van der Waals surface area contributed by atoms with Gasteiger partial charge in [-0.05, 0) is 68.6 Å². The molecule has 2 aliphatic carbocycles. The second-order valence-corrected chi connectivity index (χ2v) is 15.0. The number of rotatable bonds is 12. The maximum atomic E-state index is 13.2. The number of pyridine rings is 1. The van der Waals surface area contributed by atoms with Crippen LogP contribution in [-0.2, 0) is 14.9 Å². The molecule has 7 N–H and O–H groups in total. The summed E-state index contributed by atoms with van der Waals surface area (Å²) in [5, 5.41) is 12.7. The number of carbonyl (C=O) groups is 3. The SMILES string of the molecule is [B]C([B])(c1cccc(C(=O)N(C)C)n1)N1CCC(n2ncc3c2C(CC)N(C)c2c(NC(/C=C(\N)NC(=O)C4CC4)=C(/N)C(=O)NC4CC4)cccc2-3)C1. The minimum atomic E-state index is -1.40. The first-order valence-electron chi connectivity index (χ1n) is 18.6. The topological polar surface area (TPSA) is 180 Å². The number of fused-ring (bicyclic) bond motifs is 3. The molecule has 14 nitrogen and oxygen atoms in total. The minimum Gasteiger partial charge on any atom is -0.393 e. The Balaban J connectivity index is 1.18. The highest BCUT2D eigenvalue weighted by atomic mass is 16.2. The van der Waals surface area contributed by atoms with Gasteiger partial charge in [-0.1, -0.05) is 25.1 Å². The molecular formula is C38H47B2N11O3. The van der Waals surface area contributed by atoms with Gasteiger partial charge in [-0.15, -0.1) is 0 Å². The Labute approximate surface area is 318 Å². The Morgan fingerprint density at radius 2 is 1.78 bits per heavy atom. The average molecular weight is 727 g/mol. The van der Waals surface area contributed by atoms with Crippen LogP contribution in [0.5, 0.6) is 0 Å². The van der Waals surface area contributed by atoms with Crippen LogP contribution in [-0.4, -0.2) is 98.3 Å². The Bertz CT molecular complexity index is 2040. The second-order valence-electron chi connectivity index (χ2n) is 15.0. The van der Waals surface area contributed by atoms with Gasteiger partial charge in [-0.3, -0.25) is 19.1 Å². The highest BCUT2D eigenvalue weighted by molar-refractivity contribution is 6.39. The van der Waals surface area contributed by atoms with Crippen molar-refractivity contribution < 1.29 is 14.4 Å². The van der Waals surface area contributed by atoms with Crippen molar-refractivity contribution in [2.24, 2.45) is 17.4 Å². The number of nitrogens with zero attached hydrogens (tertiary/aromatic N) is 6. The fraction of sp³-hybridized carbons (Fsp3) is 0.447. The summed E-state index contributed by atoms with van der Waals surface area (Å²) in [6.45, 7) is 3.28. The van der Waals surface area contributed by atoms with Gasteiger partial charge in [-0.2, -0.15) is 5.10 Å². The third-order valence-electron chi connectivity index (χ3n) is 10.7. The fourth-order valence-electron chi connectivity index (χ4n) is 7.42. The highest BCUT2D eigenvalue weighted by Gasteiger charge is 2.40. The van der Waals surface area contributed by atoms with Crippen molar-refractivity contribution in [2.75, 3.05) is 44.4 Å². The lowest BCUT2D eigenvalue weighted by atomic mass is 9.58. The molecule has 16 heteroatoms. The van der Waals surface area contributed by atoms with Crippen molar-refractivity contribution in [3.8, 4) is 11.1 Å². The van der Waals surface area contributed by atoms with Crippen molar-refractivity contribution in [1.29, 1.82) is 0 Å². The number of nitrogens with two attached hydrogens (primary N) is 2. The van der Waals surface area contributed by atoms with Crippen LogP contribution in [0.4, 0.5) is 11.4 Å². The fourth-order valence-corrected chi connectivity index (χ4v) is 7.42. The van der Waals surface area contributed by atoms with Gasteiger partial charge in [0.1, 0.15) is 17.2 Å². The summed E-state index contributed by atoms with van der Waals surface area (Å²) in [5.74, 6) is -0.720. The van der Waals surface area contributed by atoms with E-state index in [-0.39, 0.29) is 58.8 Å². The smallest absolute Gasteiger partial charge is 0.271 e. The van der Waals surface area contributed by atoms with E-state index in [9.17, 15) is 14.4 Å². The summed E-state index contributed by atoms with van der Waals surface area (Å²) >= 11 is 0. The summed E-state index contributed by atoms with van der Waals surface area (Å²) in [6, 6.07) is 11.1. The third-order valence-corrected chi connectivity index (χ3v) is 10.7. The number of aromatic nitrogens is 3. The number of carbonyl (C=O) groups excluding carboxylic acids is 3. The van der Waals surface area contributed by atoms with Crippen LogP contribution >= 0.6 is 0 Å². The number of nitrogens with one attached hydrogen (secondary N) is 3. The molecule has 54 heavy (non-hydrogen) atoms. The van der Waals surface area contributed by atoms with Crippen molar-refractivity contribution in [3.05, 3.63) is 83.0 Å². The van der Waals surface area contributed by atoms with Gasteiger partial charge in [-0.25, -0.2) is 4.98 Å². The Kier molecular flexibility index (Phi) is 9.98. The van der Waals surface area contributed by atoms with Crippen molar-refractivity contribution in [1.82, 2.24) is 35.2 Å². The van der Waals surface area contributed by atoms with Gasteiger partial charge < -0.3 is 42.1 Å². The predicted octanol–water partition coefficient (Wildman–Crippen LogP) is 2.13. The molecule has 3 fully saturated rings. The van der Waals surface area contributed by atoms with Crippen molar-refractivity contribution in [2.45, 2.75) is 68.9 Å². The van der Waals surface area contributed by atoms with Gasteiger partial charge in [0.05, 0.1) is 56.7 Å². The third kappa shape index (κ3) is 7.18. The molecule has 1 aromatic carbocycles. The van der Waals surface area contributed by atoms with E-state index < -0.39 is 11.2 Å². The quantitative estimate of drug-likeness (QED) is 0.105. The van der Waals surface area contributed by atoms with Crippen LogP contribution in [0.3, 0.4) is 0 Å². The second kappa shape index (κ2) is 14.5. The number of allylic oxidation sites excluding steroid dienone is 1. The van der Waals surface area contributed by atoms with E-state index in [2.05, 4.69) is 43.5 Å². The standard InChI is InChI=1S/C38H47B2N11O3/c1-5-29-34-25(19-43-51(34)23-16-17-50(20-23)38(39,40)30-11-7-10-27(46-30)37(54)48(2)3)24-8-6-9-26(33(24)49(29)4)45-28(32(42)36(53)44-22-14-15-22)18-31(41)47-35(52)21-12-13-21/h6-11,18-19,21-23,29,45H,5,12-17,20,41-42H2,1-4H3,(H,44,53)(H,47,52)/b31-18+,32-28+. The average Bonchev–Trinajstić information content (AvgIpc) is 4.07. The summed E-state index contributed by atoms with van der Waals surface area (Å²) in [6.07, 6.45) is 8.44. The number of hydrogen-bond donors (Lipinski definition) is 5. The molecule has 7 rings (SSSR count). The summed E-state index contributed by atoms with van der Waals surface area (Å²) < 4.78 is 2.11. The van der Waals surface area contributed by atoms with Crippen molar-refractivity contribution >= 4 is 44.8 Å². The molecule has 278 valence electrons. The van der Waals surface area contributed by atoms with Gasteiger partial charge in [0, 0.05) is 62.5 Å². The molecule has 0 spiro atoms. The molecule has 2 unspecified atom stereocenters. The Morgan fingerprint density at radius 1 is 1.04 bits per heavy atom. The van der Waals surface area contributed by atoms with Gasteiger partial charge in [0.25, 0.3) is 11.8 Å². The van der Waals surface area contributed by atoms with Crippen LogP contribution in [0.1, 0.15) is 79.4 Å². The first kappa shape index (κ1) is 37.1. The zero-order valence-electron chi connectivity index (χ0n) is 31.3. The lowest BCUT2D eigenvalue weighted by Crippen LogP contribution is -2.47. The van der Waals surface area contributed by atoms with Gasteiger partial charge in [0.2, 0.25) is 5.91 Å². The molecule has 2 aromatic heterocycles. The maximum absolute atomic E-state index is 13.2. The molecule has 2 atom stereocenters. The van der Waals surface area contributed by atoms with Crippen LogP contribution in [0.2, 0.25) is 0 Å². The Hall–Kier alpha value is -5.24. The van der Waals surface area contributed by atoms with E-state index in [0.717, 1.165) is 61.0 Å². The van der Waals surface area contributed by atoms with Crippen LogP contribution < -0.4 is 32.3 Å². The molecule has 0 bridgehead atoms. The molecule has 3 aromatic rings. The molecule has 2 aliphatic heterocycles. The number of amides is 3. The van der Waals surface area contributed by atoms with E-state index in [1.54, 1.807) is 32.3 Å². The Morgan fingerprint density at radius 3 is 2.46 bits per heavy atom. The van der Waals surface area contributed by atoms with Gasteiger partial charge >= 0.3 is 0 Å². The lowest BCUT2D eigenvalue weighted by Gasteiger charge is -2.39. The molecular weight excluding hydrogens is 680 g/mol. The number of benzene rings is 1. The van der Waals surface area contributed by atoms with Crippen LogP contribution in [0, 0.1) is 5.92 Å². The zero-order valence-corrected chi connectivity index (χ0v) is 31.3. The molecule has 3 amide bonds. The number of hydrogen-bond acceptors (Lipinski definition) is 10. The number of para-hydroxylation sites is 1. The summed E-state index contributed by atoms with van der Waals surface area (Å²) in [7, 11) is 18.9. The number of likely N-dealkylation sites (tertiary alicyclic amines) is 1. The molecule has 2 saturated carbocycles. The minimum absolute atomic E-state index is 0.0181. The van der Waals surface area contributed by atoms with Crippen molar-refractivity contribution in [3.63, 3.8) is 0 Å². The van der Waals surface area contributed by atoms with E-state index in [1.807, 2.05) is 30.3 Å². The van der Waals surface area contributed by atoms with E-state index in [4.69, 9.17) is 32.3 Å². The van der Waals surface area contributed by atoms with Crippen LogP contribution in [0.25, 0.3) is 11.1 Å². The van der Waals surface area contributed by atoms with Crippen LogP contribution in [0.15, 0.2) is 65.9 Å². The monoisotopic (exact) mass is 727 g/mol. The number of anilines is 2. The first-order valence-corrected chi connectivity index (χ1v) is 18.6. The molecule has 4 radical (unpaired) electrons. The predicted molar refractivity (Wildman–Crippen MR) is 209 cm³/mol. The summed E-state index contributed by atoms with van der Waals surface area (Å²) in [5.41, 5.74) is 18.4. The van der Waals surface area contributed by atoms with E-state index in [1.165, 1.54) is 11.0 Å².